The number of hydrogen-bond donors (Lipinski definition) is 0. The van der Waals surface area contributed by atoms with Crippen molar-refractivity contribution >= 4 is 34.5 Å². The van der Waals surface area contributed by atoms with Crippen LogP contribution in [0.2, 0.25) is 5.02 Å². The normalized spacial score (nSPS) is 11.1. The Hall–Kier alpha value is -2.64. The number of furan rings is 1. The van der Waals surface area contributed by atoms with Gasteiger partial charge in [-0.05, 0) is 29.8 Å². The Morgan fingerprint density at radius 1 is 1.12 bits per heavy atom. The number of rotatable bonds is 5. The largest absolute Gasteiger partial charge is 0.467 e. The molecular weight excluding hydrogens is 372 g/mol. The van der Waals surface area contributed by atoms with Crippen LogP contribution in [0.5, 0.6) is 0 Å². The molecule has 0 amide bonds. The molecule has 4 aromatic rings. The van der Waals surface area contributed by atoms with Crippen molar-refractivity contribution in [2.24, 2.45) is 0 Å². The number of benzene rings is 1. The van der Waals surface area contributed by atoms with E-state index in [4.69, 9.17) is 16.0 Å². The van der Waals surface area contributed by atoms with E-state index in [1.165, 1.54) is 24.2 Å². The molecule has 0 aliphatic heterocycles. The summed E-state index contributed by atoms with van der Waals surface area (Å²) in [7, 11) is 0. The van der Waals surface area contributed by atoms with Crippen LogP contribution in [0.25, 0.3) is 11.2 Å². The zero-order chi connectivity index (χ0) is 17.9. The molecule has 0 atom stereocenters. The molecule has 3 aromatic heterocycles. The predicted molar refractivity (Wildman–Crippen MR) is 100 cm³/mol. The summed E-state index contributed by atoms with van der Waals surface area (Å²) in [6.45, 7) is 0.286. The Morgan fingerprint density at radius 2 is 1.92 bits per heavy atom. The van der Waals surface area contributed by atoms with Gasteiger partial charge >= 0.3 is 0 Å². The van der Waals surface area contributed by atoms with Gasteiger partial charge in [-0.15, -0.1) is 0 Å². The van der Waals surface area contributed by atoms with Crippen LogP contribution in [0.4, 0.5) is 0 Å². The van der Waals surface area contributed by atoms with Crippen LogP contribution in [0.15, 0.2) is 69.4 Å². The highest BCUT2D eigenvalue weighted by Crippen LogP contribution is 2.23. The van der Waals surface area contributed by atoms with Crippen molar-refractivity contribution < 1.29 is 4.42 Å². The number of thioether (sulfide) groups is 1. The van der Waals surface area contributed by atoms with Gasteiger partial charge < -0.3 is 4.42 Å². The predicted octanol–water partition coefficient (Wildman–Crippen LogP) is 3.77. The van der Waals surface area contributed by atoms with E-state index in [0.717, 1.165) is 5.56 Å². The van der Waals surface area contributed by atoms with Crippen LogP contribution in [0, 0.1) is 0 Å². The van der Waals surface area contributed by atoms with Gasteiger partial charge in [0.05, 0.1) is 12.8 Å². The molecular formula is C18H13ClN4O2S. The first-order valence-electron chi connectivity index (χ1n) is 7.82. The molecule has 1 aromatic carbocycles. The van der Waals surface area contributed by atoms with E-state index in [2.05, 4.69) is 15.0 Å². The summed E-state index contributed by atoms with van der Waals surface area (Å²) in [5.74, 6) is 1.32. The molecule has 3 heterocycles. The standard InChI is InChI=1S/C18H13ClN4O2S/c19-13-5-3-12(4-6-13)11-26-18-22-16-15(20-7-8-21-16)17(24)23(18)10-14-2-1-9-25-14/h1-9H,10-11H2. The van der Waals surface area contributed by atoms with Gasteiger partial charge in [0.1, 0.15) is 5.76 Å². The van der Waals surface area contributed by atoms with E-state index in [0.29, 0.717) is 27.3 Å². The Morgan fingerprint density at radius 3 is 2.69 bits per heavy atom. The fourth-order valence-electron chi connectivity index (χ4n) is 2.47. The minimum absolute atomic E-state index is 0.238. The fraction of sp³-hybridized carbons (Fsp3) is 0.111. The molecule has 0 aliphatic rings. The number of fused-ring (bicyclic) bond motifs is 1. The summed E-state index contributed by atoms with van der Waals surface area (Å²) in [4.78, 5) is 25.7. The number of nitrogens with zero attached hydrogens (tertiary/aromatic N) is 4. The van der Waals surface area contributed by atoms with E-state index in [1.807, 2.05) is 30.3 Å². The maximum Gasteiger partial charge on any atom is 0.282 e. The fourth-order valence-corrected chi connectivity index (χ4v) is 3.53. The van der Waals surface area contributed by atoms with Crippen molar-refractivity contribution in [2.75, 3.05) is 0 Å². The Labute approximate surface area is 157 Å². The molecule has 0 saturated heterocycles. The molecule has 0 saturated carbocycles. The third-order valence-corrected chi connectivity index (χ3v) is 5.03. The molecule has 0 unspecified atom stereocenters. The first kappa shape index (κ1) is 16.8. The SMILES string of the molecule is O=c1c2nccnc2nc(SCc2ccc(Cl)cc2)n1Cc1ccco1. The molecule has 0 spiro atoms. The molecule has 0 N–H and O–H groups in total. The molecule has 0 fully saturated rings. The summed E-state index contributed by atoms with van der Waals surface area (Å²) in [6, 6.07) is 11.2. The highest BCUT2D eigenvalue weighted by atomic mass is 35.5. The number of halogens is 1. The lowest BCUT2D eigenvalue weighted by molar-refractivity contribution is 0.476. The third kappa shape index (κ3) is 3.49. The lowest BCUT2D eigenvalue weighted by Gasteiger charge is -2.11. The first-order valence-corrected chi connectivity index (χ1v) is 9.18. The van der Waals surface area contributed by atoms with E-state index < -0.39 is 0 Å². The molecule has 6 nitrogen and oxygen atoms in total. The lowest BCUT2D eigenvalue weighted by atomic mass is 10.2. The van der Waals surface area contributed by atoms with Crippen molar-refractivity contribution in [3.05, 3.63) is 81.8 Å². The van der Waals surface area contributed by atoms with Crippen LogP contribution in [-0.4, -0.2) is 19.5 Å². The third-order valence-electron chi connectivity index (χ3n) is 3.73. The average Bonchev–Trinajstić information content (AvgIpc) is 3.17. The van der Waals surface area contributed by atoms with Crippen molar-refractivity contribution in [1.82, 2.24) is 19.5 Å². The first-order chi connectivity index (χ1) is 12.7. The van der Waals surface area contributed by atoms with Gasteiger partial charge in [0, 0.05) is 23.2 Å². The van der Waals surface area contributed by atoms with Gasteiger partial charge in [0.2, 0.25) is 0 Å². The number of aromatic nitrogens is 4. The summed E-state index contributed by atoms with van der Waals surface area (Å²) >= 11 is 7.39. The topological polar surface area (TPSA) is 73.8 Å². The second kappa shape index (κ2) is 7.31. The van der Waals surface area contributed by atoms with Crippen molar-refractivity contribution in [3.63, 3.8) is 0 Å². The van der Waals surface area contributed by atoms with Crippen LogP contribution < -0.4 is 5.56 Å². The van der Waals surface area contributed by atoms with Gasteiger partial charge in [-0.2, -0.15) is 0 Å². The molecule has 0 bridgehead atoms. The quantitative estimate of drug-likeness (QED) is 0.385. The Bertz CT molecular complexity index is 1090. The summed E-state index contributed by atoms with van der Waals surface area (Å²) in [5, 5.41) is 1.25. The zero-order valence-electron chi connectivity index (χ0n) is 13.5. The molecule has 130 valence electrons. The van der Waals surface area contributed by atoms with Crippen molar-refractivity contribution in [2.45, 2.75) is 17.5 Å². The zero-order valence-corrected chi connectivity index (χ0v) is 15.1. The van der Waals surface area contributed by atoms with Crippen LogP contribution in [-0.2, 0) is 12.3 Å². The summed E-state index contributed by atoms with van der Waals surface area (Å²) in [6.07, 6.45) is 4.59. The highest BCUT2D eigenvalue weighted by molar-refractivity contribution is 7.98. The van der Waals surface area contributed by atoms with Crippen LogP contribution in [0.1, 0.15) is 11.3 Å². The lowest BCUT2D eigenvalue weighted by Crippen LogP contribution is -2.24. The minimum Gasteiger partial charge on any atom is -0.467 e. The Kier molecular flexibility index (Phi) is 4.73. The van der Waals surface area contributed by atoms with E-state index >= 15 is 0 Å². The van der Waals surface area contributed by atoms with Gasteiger partial charge in [0.15, 0.2) is 16.3 Å². The average molecular weight is 385 g/mol. The van der Waals surface area contributed by atoms with Gasteiger partial charge in [-0.3, -0.25) is 9.36 Å². The molecule has 26 heavy (non-hydrogen) atoms. The smallest absolute Gasteiger partial charge is 0.282 e. The van der Waals surface area contributed by atoms with E-state index in [9.17, 15) is 4.79 Å². The maximum absolute atomic E-state index is 12.9. The second-order valence-corrected chi connectivity index (χ2v) is 6.89. The summed E-state index contributed by atoms with van der Waals surface area (Å²) < 4.78 is 6.95. The molecule has 0 aliphatic carbocycles. The van der Waals surface area contributed by atoms with Gasteiger partial charge in [-0.1, -0.05) is 35.5 Å². The monoisotopic (exact) mass is 384 g/mol. The van der Waals surface area contributed by atoms with Crippen LogP contribution >= 0.6 is 23.4 Å². The molecule has 8 heteroatoms. The van der Waals surface area contributed by atoms with Gasteiger partial charge in [0.25, 0.3) is 5.56 Å². The van der Waals surface area contributed by atoms with Gasteiger partial charge in [-0.25, -0.2) is 15.0 Å². The second-order valence-electron chi connectivity index (χ2n) is 5.51. The Balaban J connectivity index is 1.73. The maximum atomic E-state index is 12.9. The highest BCUT2D eigenvalue weighted by Gasteiger charge is 2.14. The molecule has 0 radical (unpaired) electrons. The van der Waals surface area contributed by atoms with Crippen molar-refractivity contribution in [3.8, 4) is 0 Å². The van der Waals surface area contributed by atoms with E-state index in [-0.39, 0.29) is 17.6 Å². The summed E-state index contributed by atoms with van der Waals surface area (Å²) in [5.41, 5.74) is 1.43. The number of hydrogen-bond acceptors (Lipinski definition) is 6. The van der Waals surface area contributed by atoms with Crippen molar-refractivity contribution in [1.29, 1.82) is 0 Å². The minimum atomic E-state index is -0.238. The van der Waals surface area contributed by atoms with Crippen LogP contribution in [0.3, 0.4) is 0 Å². The van der Waals surface area contributed by atoms with E-state index in [1.54, 1.807) is 16.9 Å². The molecule has 4 rings (SSSR count).